The van der Waals surface area contributed by atoms with Gasteiger partial charge in [0.25, 0.3) is 5.91 Å². The molecule has 168 valence electrons. The monoisotopic (exact) mass is 469 g/mol. The summed E-state index contributed by atoms with van der Waals surface area (Å²) in [5.41, 5.74) is 4.99. The summed E-state index contributed by atoms with van der Waals surface area (Å²) in [6.45, 7) is 0.369. The zero-order valence-electron chi connectivity index (χ0n) is 18.3. The van der Waals surface area contributed by atoms with Crippen molar-refractivity contribution in [2.24, 2.45) is 0 Å². The van der Waals surface area contributed by atoms with Gasteiger partial charge in [-0.05, 0) is 60.2 Å². The highest BCUT2D eigenvalue weighted by molar-refractivity contribution is 6.30. The lowest BCUT2D eigenvalue weighted by molar-refractivity contribution is 0.0943. The Labute approximate surface area is 201 Å². The van der Waals surface area contributed by atoms with Gasteiger partial charge in [-0.2, -0.15) is 5.10 Å². The third-order valence-corrected chi connectivity index (χ3v) is 5.64. The number of amides is 1. The Morgan fingerprint density at radius 1 is 0.941 bits per heavy atom. The van der Waals surface area contributed by atoms with Crippen LogP contribution in [0.4, 0.5) is 0 Å². The first-order valence-corrected chi connectivity index (χ1v) is 11.0. The molecule has 0 saturated heterocycles. The molecule has 0 fully saturated rings. The van der Waals surface area contributed by atoms with E-state index in [0.29, 0.717) is 34.3 Å². The lowest BCUT2D eigenvalue weighted by atomic mass is 10.1. The summed E-state index contributed by atoms with van der Waals surface area (Å²) in [6.07, 6.45) is 3.39. The van der Waals surface area contributed by atoms with Gasteiger partial charge in [0.05, 0.1) is 18.5 Å². The standard InChI is InChI=1S/C26H20ClN5O2/c1-34-21-8-4-18(5-9-21)22-14-24(26(33)29-16-17-10-12-28-13-11-17)32-25(30-22)15-23(31-32)19-2-6-20(27)7-3-19/h2-15H,16H2,1H3,(H,29,33). The highest BCUT2D eigenvalue weighted by atomic mass is 35.5. The molecule has 2 aromatic carbocycles. The maximum absolute atomic E-state index is 13.3. The van der Waals surface area contributed by atoms with Gasteiger partial charge in [0.15, 0.2) is 5.65 Å². The largest absolute Gasteiger partial charge is 0.497 e. The Kier molecular flexibility index (Phi) is 5.93. The zero-order valence-corrected chi connectivity index (χ0v) is 19.0. The molecule has 7 nitrogen and oxygen atoms in total. The van der Waals surface area contributed by atoms with Crippen molar-refractivity contribution >= 4 is 23.2 Å². The van der Waals surface area contributed by atoms with Crippen molar-refractivity contribution in [1.82, 2.24) is 24.9 Å². The molecule has 0 bridgehead atoms. The summed E-state index contributed by atoms with van der Waals surface area (Å²) >= 11 is 6.04. The Bertz CT molecular complexity index is 1450. The molecular formula is C26H20ClN5O2. The first-order valence-electron chi connectivity index (χ1n) is 10.6. The van der Waals surface area contributed by atoms with Gasteiger partial charge in [-0.15, -0.1) is 0 Å². The number of pyridine rings is 1. The fourth-order valence-electron chi connectivity index (χ4n) is 3.58. The van der Waals surface area contributed by atoms with Gasteiger partial charge in [0.1, 0.15) is 11.4 Å². The summed E-state index contributed by atoms with van der Waals surface area (Å²) < 4.78 is 6.83. The fourth-order valence-corrected chi connectivity index (χ4v) is 3.71. The van der Waals surface area contributed by atoms with Crippen LogP contribution in [-0.2, 0) is 6.54 Å². The average molecular weight is 470 g/mol. The molecule has 8 heteroatoms. The van der Waals surface area contributed by atoms with E-state index < -0.39 is 0 Å². The quantitative estimate of drug-likeness (QED) is 0.376. The number of nitrogens with one attached hydrogen (secondary N) is 1. The van der Waals surface area contributed by atoms with Gasteiger partial charge in [-0.3, -0.25) is 9.78 Å². The summed E-state index contributed by atoms with van der Waals surface area (Å²) in [5.74, 6) is 0.485. The summed E-state index contributed by atoms with van der Waals surface area (Å²) in [5, 5.41) is 8.28. The maximum atomic E-state index is 13.3. The zero-order chi connectivity index (χ0) is 23.5. The van der Waals surface area contributed by atoms with Crippen LogP contribution in [0.2, 0.25) is 5.02 Å². The molecule has 34 heavy (non-hydrogen) atoms. The first kappa shape index (κ1) is 21.6. The Hall–Kier alpha value is -4.23. The number of hydrogen-bond acceptors (Lipinski definition) is 5. The van der Waals surface area contributed by atoms with Crippen LogP contribution < -0.4 is 10.1 Å². The van der Waals surface area contributed by atoms with Crippen molar-refractivity contribution in [3.05, 3.63) is 101 Å². The highest BCUT2D eigenvalue weighted by Gasteiger charge is 2.17. The smallest absolute Gasteiger partial charge is 0.270 e. The molecule has 0 aliphatic rings. The molecule has 5 rings (SSSR count). The van der Waals surface area contributed by atoms with Crippen LogP contribution in [-0.4, -0.2) is 32.6 Å². The van der Waals surface area contributed by atoms with Crippen LogP contribution >= 0.6 is 11.6 Å². The molecule has 0 unspecified atom stereocenters. The second-order valence-corrected chi connectivity index (χ2v) is 8.04. The van der Waals surface area contributed by atoms with E-state index >= 15 is 0 Å². The number of halogens is 1. The molecule has 0 radical (unpaired) electrons. The van der Waals surface area contributed by atoms with Crippen LogP contribution in [0.25, 0.3) is 28.2 Å². The van der Waals surface area contributed by atoms with E-state index in [9.17, 15) is 4.79 Å². The van der Waals surface area contributed by atoms with Crippen LogP contribution in [0, 0.1) is 0 Å². The number of hydrogen-bond donors (Lipinski definition) is 1. The van der Waals surface area contributed by atoms with Crippen molar-refractivity contribution in [3.63, 3.8) is 0 Å². The number of methoxy groups -OCH3 is 1. The van der Waals surface area contributed by atoms with E-state index in [1.54, 1.807) is 42.2 Å². The number of fused-ring (bicyclic) bond motifs is 1. The number of rotatable bonds is 6. The predicted molar refractivity (Wildman–Crippen MR) is 131 cm³/mol. The number of carbonyl (C=O) groups is 1. The van der Waals surface area contributed by atoms with Crippen molar-refractivity contribution in [1.29, 1.82) is 0 Å². The minimum atomic E-state index is -0.260. The lowest BCUT2D eigenvalue weighted by Crippen LogP contribution is -2.25. The van der Waals surface area contributed by atoms with Gasteiger partial charge in [0.2, 0.25) is 0 Å². The third-order valence-electron chi connectivity index (χ3n) is 5.39. The number of benzene rings is 2. The number of ether oxygens (including phenoxy) is 1. The Morgan fingerprint density at radius 3 is 2.32 bits per heavy atom. The van der Waals surface area contributed by atoms with Crippen molar-refractivity contribution in [2.45, 2.75) is 6.54 Å². The SMILES string of the molecule is COc1ccc(-c2cc(C(=O)NCc3ccncc3)n3nc(-c4ccc(Cl)cc4)cc3n2)cc1. The van der Waals surface area contributed by atoms with Crippen LogP contribution in [0.1, 0.15) is 16.1 Å². The minimum absolute atomic E-state index is 0.260. The summed E-state index contributed by atoms with van der Waals surface area (Å²) in [4.78, 5) is 22.0. The summed E-state index contributed by atoms with van der Waals surface area (Å²) in [7, 11) is 1.62. The van der Waals surface area contributed by atoms with E-state index in [2.05, 4.69) is 15.4 Å². The molecule has 0 aliphatic heterocycles. The minimum Gasteiger partial charge on any atom is -0.497 e. The van der Waals surface area contributed by atoms with Gasteiger partial charge >= 0.3 is 0 Å². The van der Waals surface area contributed by atoms with Gasteiger partial charge in [0, 0.05) is 41.2 Å². The second-order valence-electron chi connectivity index (χ2n) is 7.60. The molecule has 1 amide bonds. The number of carbonyl (C=O) groups excluding carboxylic acids is 1. The third kappa shape index (κ3) is 4.46. The molecule has 0 spiro atoms. The highest BCUT2D eigenvalue weighted by Crippen LogP contribution is 2.26. The molecule has 3 heterocycles. The number of aromatic nitrogens is 4. The first-order chi connectivity index (χ1) is 16.6. The van der Waals surface area contributed by atoms with E-state index in [-0.39, 0.29) is 5.91 Å². The molecule has 0 aliphatic carbocycles. The normalized spacial score (nSPS) is 10.9. The second kappa shape index (κ2) is 9.33. The van der Waals surface area contributed by atoms with Crippen LogP contribution in [0.5, 0.6) is 5.75 Å². The van der Waals surface area contributed by atoms with Crippen LogP contribution in [0.15, 0.2) is 85.2 Å². The van der Waals surface area contributed by atoms with Crippen LogP contribution in [0.3, 0.4) is 0 Å². The van der Waals surface area contributed by atoms with E-state index in [0.717, 1.165) is 22.4 Å². The van der Waals surface area contributed by atoms with E-state index in [1.807, 2.05) is 54.6 Å². The average Bonchev–Trinajstić information content (AvgIpc) is 3.32. The topological polar surface area (TPSA) is 81.4 Å². The fraction of sp³-hybridized carbons (Fsp3) is 0.0769. The Balaban J connectivity index is 1.57. The molecule has 5 aromatic rings. The van der Waals surface area contributed by atoms with E-state index in [4.69, 9.17) is 21.3 Å². The molecule has 3 aromatic heterocycles. The van der Waals surface area contributed by atoms with Crippen molar-refractivity contribution in [2.75, 3.05) is 7.11 Å². The maximum Gasteiger partial charge on any atom is 0.270 e. The van der Waals surface area contributed by atoms with Gasteiger partial charge in [-0.1, -0.05) is 23.7 Å². The van der Waals surface area contributed by atoms with Gasteiger partial charge < -0.3 is 10.1 Å². The molecule has 0 saturated carbocycles. The molecular weight excluding hydrogens is 450 g/mol. The van der Waals surface area contributed by atoms with E-state index in [1.165, 1.54) is 0 Å². The van der Waals surface area contributed by atoms with Gasteiger partial charge in [-0.25, -0.2) is 9.50 Å². The molecule has 0 atom stereocenters. The molecule has 1 N–H and O–H groups in total. The van der Waals surface area contributed by atoms with Crippen molar-refractivity contribution in [3.8, 4) is 28.3 Å². The number of nitrogens with zero attached hydrogens (tertiary/aromatic N) is 4. The Morgan fingerprint density at radius 2 is 1.62 bits per heavy atom. The van der Waals surface area contributed by atoms with Crippen molar-refractivity contribution < 1.29 is 9.53 Å². The predicted octanol–water partition coefficient (Wildman–Crippen LogP) is 5.05. The summed E-state index contributed by atoms with van der Waals surface area (Å²) in [6, 6.07) is 22.2. The lowest BCUT2D eigenvalue weighted by Gasteiger charge is -2.10.